The summed E-state index contributed by atoms with van der Waals surface area (Å²) in [5.74, 6) is -0.407. The number of nitro groups is 1. The summed E-state index contributed by atoms with van der Waals surface area (Å²) in [6.07, 6.45) is -1.18. The topological polar surface area (TPSA) is 76.3 Å². The summed E-state index contributed by atoms with van der Waals surface area (Å²) in [6, 6.07) is 11.6. The number of nitrogens with zero attached hydrogens (tertiary/aromatic N) is 2. The first-order valence-corrected chi connectivity index (χ1v) is 8.50. The molecule has 1 N–H and O–H groups in total. The summed E-state index contributed by atoms with van der Waals surface area (Å²) in [5, 5.41) is 21.2. The van der Waals surface area contributed by atoms with Crippen LogP contribution in [0, 0.1) is 10.1 Å². The molecule has 0 aliphatic rings. The number of hydrogen-bond donors (Lipinski definition) is 1. The predicted molar refractivity (Wildman–Crippen MR) is 103 cm³/mol. The van der Waals surface area contributed by atoms with Crippen molar-refractivity contribution in [2.24, 2.45) is 0 Å². The Morgan fingerprint density at radius 3 is 2.31 bits per heavy atom. The number of phenolic OH excluding ortho intramolecular Hbond substituents is 1. The second kappa shape index (κ2) is 7.75. The number of phenols is 1. The maximum atomic E-state index is 13.5. The van der Waals surface area contributed by atoms with Gasteiger partial charge in [-0.2, -0.15) is 13.2 Å². The second-order valence-corrected chi connectivity index (χ2v) is 6.17. The van der Waals surface area contributed by atoms with Gasteiger partial charge in [-0.15, -0.1) is 0 Å². The van der Waals surface area contributed by atoms with Gasteiger partial charge in [0.15, 0.2) is 0 Å². The van der Waals surface area contributed by atoms with Crippen LogP contribution in [0.5, 0.6) is 5.75 Å². The summed E-state index contributed by atoms with van der Waals surface area (Å²) < 4.78 is 40.6. The van der Waals surface area contributed by atoms with Crippen LogP contribution in [0.4, 0.5) is 18.9 Å². The molecule has 5 nitrogen and oxygen atoms in total. The Bertz CT molecular complexity index is 1110. The van der Waals surface area contributed by atoms with Crippen molar-refractivity contribution in [3.8, 4) is 28.3 Å². The zero-order valence-electron chi connectivity index (χ0n) is 15.1. The molecule has 0 fully saturated rings. The number of nitro benzene ring substituents is 1. The maximum Gasteiger partial charge on any atom is 0.416 e. The lowest BCUT2D eigenvalue weighted by molar-refractivity contribution is -0.384. The molecule has 0 saturated carbocycles. The highest BCUT2D eigenvalue weighted by molar-refractivity contribution is 5.77. The second-order valence-electron chi connectivity index (χ2n) is 6.17. The van der Waals surface area contributed by atoms with Crippen molar-refractivity contribution < 1.29 is 23.2 Å². The zero-order chi connectivity index (χ0) is 21.2. The molecule has 0 spiro atoms. The van der Waals surface area contributed by atoms with Crippen molar-refractivity contribution in [3.63, 3.8) is 0 Å². The van der Waals surface area contributed by atoms with Gasteiger partial charge in [-0.3, -0.25) is 10.1 Å². The highest BCUT2D eigenvalue weighted by Gasteiger charge is 2.32. The number of non-ortho nitro benzene ring substituents is 1. The van der Waals surface area contributed by atoms with E-state index in [2.05, 4.69) is 4.98 Å². The van der Waals surface area contributed by atoms with E-state index < -0.39 is 22.4 Å². The van der Waals surface area contributed by atoms with Crippen LogP contribution in [0.15, 0.2) is 60.7 Å². The molecule has 0 saturated heterocycles. The van der Waals surface area contributed by atoms with Crippen molar-refractivity contribution >= 4 is 11.8 Å². The Labute approximate surface area is 163 Å². The van der Waals surface area contributed by atoms with Gasteiger partial charge in [0.25, 0.3) is 5.69 Å². The van der Waals surface area contributed by atoms with E-state index in [1.54, 1.807) is 43.3 Å². The molecule has 8 heteroatoms. The number of allylic oxidation sites excluding steroid dienone is 1. The Morgan fingerprint density at radius 1 is 1.03 bits per heavy atom. The molecule has 29 heavy (non-hydrogen) atoms. The molecule has 1 aromatic heterocycles. The molecule has 0 bridgehead atoms. The molecule has 3 rings (SSSR count). The first kappa shape index (κ1) is 20.1. The largest absolute Gasteiger partial charge is 0.507 e. The highest BCUT2D eigenvalue weighted by Crippen LogP contribution is 2.38. The van der Waals surface area contributed by atoms with Gasteiger partial charge >= 0.3 is 6.18 Å². The third-order valence-electron chi connectivity index (χ3n) is 4.20. The quantitative estimate of drug-likeness (QED) is 0.425. The Hall–Kier alpha value is -3.68. The summed E-state index contributed by atoms with van der Waals surface area (Å²) in [7, 11) is 0. The van der Waals surface area contributed by atoms with Crippen molar-refractivity contribution in [3.05, 3.63) is 81.9 Å². The molecule has 0 radical (unpaired) electrons. The lowest BCUT2D eigenvalue weighted by Crippen LogP contribution is -2.07. The van der Waals surface area contributed by atoms with Crippen LogP contribution in [0.2, 0.25) is 0 Å². The lowest BCUT2D eigenvalue weighted by Gasteiger charge is -2.14. The normalized spacial score (nSPS) is 11.7. The van der Waals surface area contributed by atoms with Crippen LogP contribution < -0.4 is 0 Å². The third kappa shape index (κ3) is 4.26. The van der Waals surface area contributed by atoms with Crippen molar-refractivity contribution in [2.75, 3.05) is 0 Å². The number of rotatable bonds is 4. The van der Waals surface area contributed by atoms with E-state index in [0.717, 1.165) is 30.3 Å². The number of halogens is 3. The minimum atomic E-state index is -4.67. The standard InChI is InChI=1S/C21H15F3N2O3/c1-2-5-13-6-3-4-7-16(13)18-10-14(21(22,23)24)11-19(25-18)17-12-15(26(28)29)8-9-20(17)27/h2-12,27H,1H3/b5-2+. The summed E-state index contributed by atoms with van der Waals surface area (Å²) >= 11 is 0. The van der Waals surface area contributed by atoms with Gasteiger partial charge < -0.3 is 5.11 Å². The van der Waals surface area contributed by atoms with Gasteiger partial charge in [-0.25, -0.2) is 4.98 Å². The number of benzene rings is 2. The molecule has 0 aliphatic carbocycles. The molecule has 1 heterocycles. The Kier molecular flexibility index (Phi) is 5.36. The number of pyridine rings is 1. The lowest BCUT2D eigenvalue weighted by atomic mass is 10.00. The Balaban J connectivity index is 2.30. The Morgan fingerprint density at radius 2 is 1.69 bits per heavy atom. The van der Waals surface area contributed by atoms with Crippen LogP contribution in [0.3, 0.4) is 0 Å². The SMILES string of the molecule is C/C=C/c1ccccc1-c1cc(C(F)(F)F)cc(-c2cc([N+](=O)[O-])ccc2O)n1. The fraction of sp³-hybridized carbons (Fsp3) is 0.0952. The minimum Gasteiger partial charge on any atom is -0.507 e. The summed E-state index contributed by atoms with van der Waals surface area (Å²) in [5.41, 5.74) is -0.554. The zero-order valence-corrected chi connectivity index (χ0v) is 15.1. The summed E-state index contributed by atoms with van der Waals surface area (Å²) in [6.45, 7) is 1.78. The fourth-order valence-electron chi connectivity index (χ4n) is 2.87. The molecule has 0 atom stereocenters. The molecule has 2 aromatic carbocycles. The van der Waals surface area contributed by atoms with Crippen molar-refractivity contribution in [1.82, 2.24) is 4.98 Å². The number of hydrogen-bond acceptors (Lipinski definition) is 4. The summed E-state index contributed by atoms with van der Waals surface area (Å²) in [4.78, 5) is 14.6. The van der Waals surface area contributed by atoms with Gasteiger partial charge in [0.1, 0.15) is 5.75 Å². The first-order valence-electron chi connectivity index (χ1n) is 8.50. The molecule has 0 amide bonds. The van der Waals surface area contributed by atoms with Crippen LogP contribution in [0.1, 0.15) is 18.1 Å². The third-order valence-corrected chi connectivity index (χ3v) is 4.20. The van der Waals surface area contributed by atoms with Gasteiger partial charge in [0.05, 0.1) is 21.9 Å². The number of alkyl halides is 3. The van der Waals surface area contributed by atoms with Crippen LogP contribution in [-0.4, -0.2) is 15.0 Å². The fourth-order valence-corrected chi connectivity index (χ4v) is 2.87. The number of aromatic hydroxyl groups is 1. The van der Waals surface area contributed by atoms with Crippen molar-refractivity contribution in [1.29, 1.82) is 0 Å². The van der Waals surface area contributed by atoms with E-state index in [1.165, 1.54) is 0 Å². The average Bonchev–Trinajstić information content (AvgIpc) is 2.68. The van der Waals surface area contributed by atoms with Gasteiger partial charge in [0.2, 0.25) is 0 Å². The van der Waals surface area contributed by atoms with Crippen LogP contribution >= 0.6 is 0 Å². The molecular weight excluding hydrogens is 385 g/mol. The monoisotopic (exact) mass is 400 g/mol. The van der Waals surface area contributed by atoms with Gasteiger partial charge in [-0.05, 0) is 30.7 Å². The average molecular weight is 400 g/mol. The van der Waals surface area contributed by atoms with E-state index in [-0.39, 0.29) is 22.6 Å². The van der Waals surface area contributed by atoms with Gasteiger partial charge in [-0.1, -0.05) is 36.4 Å². The van der Waals surface area contributed by atoms with E-state index in [4.69, 9.17) is 0 Å². The van der Waals surface area contributed by atoms with E-state index in [1.807, 2.05) is 0 Å². The molecule has 0 unspecified atom stereocenters. The maximum absolute atomic E-state index is 13.5. The minimum absolute atomic E-state index is 0.0365. The van der Waals surface area contributed by atoms with E-state index in [9.17, 15) is 28.4 Å². The van der Waals surface area contributed by atoms with Crippen LogP contribution in [-0.2, 0) is 6.18 Å². The highest BCUT2D eigenvalue weighted by atomic mass is 19.4. The van der Waals surface area contributed by atoms with E-state index >= 15 is 0 Å². The van der Waals surface area contributed by atoms with Crippen LogP contribution in [0.25, 0.3) is 28.6 Å². The molecule has 148 valence electrons. The van der Waals surface area contributed by atoms with E-state index in [0.29, 0.717) is 11.1 Å². The van der Waals surface area contributed by atoms with Gasteiger partial charge in [0, 0.05) is 23.3 Å². The first-order chi connectivity index (χ1) is 13.7. The molecule has 3 aromatic rings. The molecule has 0 aliphatic heterocycles. The van der Waals surface area contributed by atoms with Crippen molar-refractivity contribution in [2.45, 2.75) is 13.1 Å². The molecular formula is C21H15F3N2O3. The number of aromatic nitrogens is 1. The smallest absolute Gasteiger partial charge is 0.416 e. The predicted octanol–water partition coefficient (Wildman–Crippen LogP) is 6.08.